The third-order valence-corrected chi connectivity index (χ3v) is 4.27. The SMILES string of the molecule is CCN(CC)c1ccc(NC(=O)c2cc(Nc3ccc(F)cc3)ncn2)cc1. The average molecular weight is 379 g/mol. The van der Waals surface area contributed by atoms with Gasteiger partial charge in [-0.1, -0.05) is 0 Å². The maximum Gasteiger partial charge on any atom is 0.274 e. The molecule has 0 aliphatic rings. The van der Waals surface area contributed by atoms with Crippen molar-refractivity contribution in [2.24, 2.45) is 0 Å². The zero-order valence-corrected chi connectivity index (χ0v) is 15.8. The van der Waals surface area contributed by atoms with Gasteiger partial charge in [-0.05, 0) is 62.4 Å². The monoisotopic (exact) mass is 379 g/mol. The molecule has 28 heavy (non-hydrogen) atoms. The van der Waals surface area contributed by atoms with E-state index in [0.717, 1.165) is 18.8 Å². The number of anilines is 4. The summed E-state index contributed by atoms with van der Waals surface area (Å²) in [6, 6.07) is 15.1. The summed E-state index contributed by atoms with van der Waals surface area (Å²) in [6.07, 6.45) is 1.31. The number of halogens is 1. The molecule has 0 saturated carbocycles. The predicted molar refractivity (Wildman–Crippen MR) is 110 cm³/mol. The van der Waals surface area contributed by atoms with Crippen LogP contribution in [0.3, 0.4) is 0 Å². The molecule has 0 aliphatic heterocycles. The lowest BCUT2D eigenvalue weighted by Crippen LogP contribution is -2.21. The molecule has 0 radical (unpaired) electrons. The minimum absolute atomic E-state index is 0.229. The molecule has 1 aromatic heterocycles. The van der Waals surface area contributed by atoms with Crippen molar-refractivity contribution in [2.45, 2.75) is 13.8 Å². The smallest absolute Gasteiger partial charge is 0.274 e. The topological polar surface area (TPSA) is 70.2 Å². The minimum atomic E-state index is -0.333. The number of nitrogens with zero attached hydrogens (tertiary/aromatic N) is 3. The van der Waals surface area contributed by atoms with Gasteiger partial charge in [0.1, 0.15) is 23.7 Å². The fraction of sp³-hybridized carbons (Fsp3) is 0.190. The Balaban J connectivity index is 1.68. The highest BCUT2D eigenvalue weighted by atomic mass is 19.1. The highest BCUT2D eigenvalue weighted by Crippen LogP contribution is 2.19. The van der Waals surface area contributed by atoms with Crippen molar-refractivity contribution in [1.82, 2.24) is 9.97 Å². The average Bonchev–Trinajstić information content (AvgIpc) is 2.72. The third-order valence-electron chi connectivity index (χ3n) is 4.27. The number of benzene rings is 2. The third kappa shape index (κ3) is 4.82. The van der Waals surface area contributed by atoms with Crippen LogP contribution in [-0.2, 0) is 0 Å². The Kier molecular flexibility index (Phi) is 6.16. The van der Waals surface area contributed by atoms with E-state index in [2.05, 4.69) is 39.3 Å². The lowest BCUT2D eigenvalue weighted by Gasteiger charge is -2.21. The first-order valence-corrected chi connectivity index (χ1v) is 9.10. The van der Waals surface area contributed by atoms with Gasteiger partial charge in [0.25, 0.3) is 5.91 Å². The number of amides is 1. The van der Waals surface area contributed by atoms with E-state index in [4.69, 9.17) is 0 Å². The summed E-state index contributed by atoms with van der Waals surface area (Å²) in [5.41, 5.74) is 2.69. The van der Waals surface area contributed by atoms with Crippen molar-refractivity contribution >= 4 is 28.8 Å². The van der Waals surface area contributed by atoms with Gasteiger partial charge in [0.2, 0.25) is 0 Å². The first-order chi connectivity index (χ1) is 13.6. The fourth-order valence-corrected chi connectivity index (χ4v) is 2.77. The van der Waals surface area contributed by atoms with Crippen molar-refractivity contribution in [2.75, 3.05) is 28.6 Å². The first kappa shape index (κ1) is 19.3. The molecule has 2 N–H and O–H groups in total. The summed E-state index contributed by atoms with van der Waals surface area (Å²) < 4.78 is 13.0. The van der Waals surface area contributed by atoms with Gasteiger partial charge < -0.3 is 15.5 Å². The molecule has 0 spiro atoms. The molecule has 3 rings (SSSR count). The van der Waals surface area contributed by atoms with Crippen LogP contribution in [0.4, 0.5) is 27.3 Å². The second-order valence-corrected chi connectivity index (χ2v) is 6.09. The molecule has 1 amide bonds. The van der Waals surface area contributed by atoms with E-state index in [1.165, 1.54) is 18.5 Å². The second-order valence-electron chi connectivity index (χ2n) is 6.09. The van der Waals surface area contributed by atoms with Crippen LogP contribution in [0.1, 0.15) is 24.3 Å². The highest BCUT2D eigenvalue weighted by Gasteiger charge is 2.10. The summed E-state index contributed by atoms with van der Waals surface area (Å²) in [7, 11) is 0. The zero-order valence-electron chi connectivity index (χ0n) is 15.8. The maximum atomic E-state index is 13.0. The Morgan fingerprint density at radius 1 is 0.964 bits per heavy atom. The summed E-state index contributed by atoms with van der Waals surface area (Å²) in [5.74, 6) is -0.205. The van der Waals surface area contributed by atoms with Gasteiger partial charge in [0.15, 0.2) is 0 Å². The molecule has 1 heterocycles. The molecular weight excluding hydrogens is 357 g/mol. The Labute approximate surface area is 163 Å². The molecule has 6 nitrogen and oxygen atoms in total. The number of aromatic nitrogens is 2. The van der Waals surface area contributed by atoms with Crippen LogP contribution in [0.2, 0.25) is 0 Å². The Morgan fingerprint density at radius 3 is 2.25 bits per heavy atom. The van der Waals surface area contributed by atoms with E-state index in [1.54, 1.807) is 18.2 Å². The predicted octanol–water partition coefficient (Wildman–Crippen LogP) is 4.46. The Hall–Kier alpha value is -3.48. The molecule has 0 atom stereocenters. The number of hydrogen-bond acceptors (Lipinski definition) is 5. The van der Waals surface area contributed by atoms with Crippen LogP contribution in [0.15, 0.2) is 60.9 Å². The van der Waals surface area contributed by atoms with Crippen molar-refractivity contribution in [3.8, 4) is 0 Å². The van der Waals surface area contributed by atoms with Crippen LogP contribution in [0.5, 0.6) is 0 Å². The molecule has 7 heteroatoms. The van der Waals surface area contributed by atoms with Gasteiger partial charge in [-0.3, -0.25) is 4.79 Å². The number of nitrogens with one attached hydrogen (secondary N) is 2. The van der Waals surface area contributed by atoms with Crippen LogP contribution in [0, 0.1) is 5.82 Å². The quantitative estimate of drug-likeness (QED) is 0.634. The lowest BCUT2D eigenvalue weighted by atomic mass is 10.2. The van der Waals surface area contributed by atoms with Gasteiger partial charge in [0.05, 0.1) is 0 Å². The van der Waals surface area contributed by atoms with Gasteiger partial charge in [-0.15, -0.1) is 0 Å². The van der Waals surface area contributed by atoms with E-state index in [1.807, 2.05) is 24.3 Å². The van der Waals surface area contributed by atoms with Crippen LogP contribution in [-0.4, -0.2) is 29.0 Å². The largest absolute Gasteiger partial charge is 0.372 e. The van der Waals surface area contributed by atoms with Crippen LogP contribution in [0.25, 0.3) is 0 Å². The van der Waals surface area contributed by atoms with Crippen LogP contribution < -0.4 is 15.5 Å². The summed E-state index contributed by atoms with van der Waals surface area (Å²) in [6.45, 7) is 6.05. The van der Waals surface area contributed by atoms with Gasteiger partial charge in [-0.25, -0.2) is 14.4 Å². The van der Waals surface area contributed by atoms with Crippen molar-refractivity contribution in [3.05, 3.63) is 72.4 Å². The van der Waals surface area contributed by atoms with Gasteiger partial charge in [-0.2, -0.15) is 0 Å². The molecule has 0 bridgehead atoms. The second kappa shape index (κ2) is 8.94. The summed E-state index contributed by atoms with van der Waals surface area (Å²) in [4.78, 5) is 22.9. The summed E-state index contributed by atoms with van der Waals surface area (Å²) in [5, 5.41) is 5.85. The van der Waals surface area contributed by atoms with Gasteiger partial charge in [0, 0.05) is 36.2 Å². The molecule has 144 valence electrons. The summed E-state index contributed by atoms with van der Waals surface area (Å²) >= 11 is 0. The first-order valence-electron chi connectivity index (χ1n) is 9.10. The molecule has 3 aromatic rings. The normalized spacial score (nSPS) is 10.4. The van der Waals surface area contributed by atoms with Crippen molar-refractivity contribution in [3.63, 3.8) is 0 Å². The van der Waals surface area contributed by atoms with E-state index in [0.29, 0.717) is 17.2 Å². The molecule has 0 saturated heterocycles. The zero-order chi connectivity index (χ0) is 19.9. The fourth-order valence-electron chi connectivity index (χ4n) is 2.77. The molecule has 2 aromatic carbocycles. The minimum Gasteiger partial charge on any atom is -0.372 e. The molecule has 0 aliphatic carbocycles. The van der Waals surface area contributed by atoms with Crippen LogP contribution >= 0.6 is 0 Å². The standard InChI is InChI=1S/C21H22FN5O/c1-3-27(4-2)18-11-9-17(10-12-18)26-21(28)19-13-20(24-14-23-19)25-16-7-5-15(22)6-8-16/h5-14H,3-4H2,1-2H3,(H,26,28)(H,23,24,25). The molecule has 0 fully saturated rings. The number of carbonyl (C=O) groups excluding carboxylic acids is 1. The number of carbonyl (C=O) groups is 1. The Bertz CT molecular complexity index is 924. The number of hydrogen-bond donors (Lipinski definition) is 2. The maximum absolute atomic E-state index is 13.0. The van der Waals surface area contributed by atoms with Crippen molar-refractivity contribution < 1.29 is 9.18 Å². The van der Waals surface area contributed by atoms with E-state index in [-0.39, 0.29) is 17.4 Å². The Morgan fingerprint density at radius 2 is 1.61 bits per heavy atom. The van der Waals surface area contributed by atoms with Gasteiger partial charge >= 0.3 is 0 Å². The highest BCUT2D eigenvalue weighted by molar-refractivity contribution is 6.03. The molecular formula is C21H22FN5O. The number of rotatable bonds is 7. The molecule has 0 unspecified atom stereocenters. The van der Waals surface area contributed by atoms with E-state index >= 15 is 0 Å². The van der Waals surface area contributed by atoms with E-state index < -0.39 is 0 Å². The lowest BCUT2D eigenvalue weighted by molar-refractivity contribution is 0.102. The van der Waals surface area contributed by atoms with Crippen molar-refractivity contribution in [1.29, 1.82) is 0 Å². The van der Waals surface area contributed by atoms with E-state index in [9.17, 15) is 9.18 Å².